The molecule has 0 aliphatic rings. The van der Waals surface area contributed by atoms with E-state index in [-0.39, 0.29) is 25.0 Å². The zero-order chi connectivity index (χ0) is 23.4. The molecule has 33 heavy (non-hydrogen) atoms. The highest BCUT2D eigenvalue weighted by molar-refractivity contribution is 5.79. The summed E-state index contributed by atoms with van der Waals surface area (Å²) in [6.07, 6.45) is 1.25. The van der Waals surface area contributed by atoms with E-state index in [1.807, 2.05) is 6.07 Å². The zero-order valence-electron chi connectivity index (χ0n) is 17.4. The van der Waals surface area contributed by atoms with Gasteiger partial charge in [-0.2, -0.15) is 5.26 Å². The van der Waals surface area contributed by atoms with Crippen LogP contribution in [0.5, 0.6) is 0 Å². The molecule has 0 fully saturated rings. The van der Waals surface area contributed by atoms with E-state index in [0.29, 0.717) is 16.6 Å². The number of nitrogens with zero attached hydrogens (tertiary/aromatic N) is 4. The minimum atomic E-state index is -0.570. The number of hydrogen-bond donors (Lipinski definition) is 0. The number of amides is 1. The van der Waals surface area contributed by atoms with Crippen molar-refractivity contribution in [3.63, 3.8) is 0 Å². The van der Waals surface area contributed by atoms with Crippen molar-refractivity contribution < 1.29 is 13.6 Å². The molecule has 164 valence electrons. The Morgan fingerprint density at radius 1 is 0.970 bits per heavy atom. The first-order chi connectivity index (χ1) is 15.9. The first kappa shape index (κ1) is 21.8. The SMILES string of the molecule is N#Cc1ccc(CN(Cc2cccc(F)c2)C(=O)Cn2cnc3ccc(F)cc3c2=O)cc1. The molecule has 1 aromatic heterocycles. The third kappa shape index (κ3) is 5.10. The van der Waals surface area contributed by atoms with Gasteiger partial charge in [-0.25, -0.2) is 13.8 Å². The molecule has 0 saturated carbocycles. The average Bonchev–Trinajstić information content (AvgIpc) is 2.81. The van der Waals surface area contributed by atoms with E-state index in [9.17, 15) is 18.4 Å². The van der Waals surface area contributed by atoms with Crippen molar-refractivity contribution in [3.05, 3.63) is 112 Å². The maximum Gasteiger partial charge on any atom is 0.261 e. The number of rotatable bonds is 6. The van der Waals surface area contributed by atoms with Crippen molar-refractivity contribution in [2.75, 3.05) is 0 Å². The standard InChI is InChI=1S/C25H18F2N4O2/c26-20-3-1-2-19(10-20)14-30(13-18-6-4-17(12-28)5-7-18)24(32)15-31-16-29-23-9-8-21(27)11-22(23)25(31)33/h1-11,16H,13-15H2. The molecule has 1 amide bonds. The zero-order valence-corrected chi connectivity index (χ0v) is 17.4. The molecule has 4 rings (SSSR count). The van der Waals surface area contributed by atoms with E-state index in [1.54, 1.807) is 36.4 Å². The Morgan fingerprint density at radius 2 is 1.70 bits per heavy atom. The van der Waals surface area contributed by atoms with Crippen LogP contribution in [0.1, 0.15) is 16.7 Å². The molecular formula is C25H18F2N4O2. The van der Waals surface area contributed by atoms with Crippen LogP contribution in [0.3, 0.4) is 0 Å². The molecule has 0 bridgehead atoms. The van der Waals surface area contributed by atoms with Crippen molar-refractivity contribution in [3.8, 4) is 6.07 Å². The average molecular weight is 444 g/mol. The molecular weight excluding hydrogens is 426 g/mol. The third-order valence-electron chi connectivity index (χ3n) is 5.16. The third-order valence-corrected chi connectivity index (χ3v) is 5.16. The van der Waals surface area contributed by atoms with Crippen molar-refractivity contribution in [2.24, 2.45) is 0 Å². The maximum absolute atomic E-state index is 13.7. The van der Waals surface area contributed by atoms with Gasteiger partial charge in [-0.15, -0.1) is 0 Å². The number of aromatic nitrogens is 2. The van der Waals surface area contributed by atoms with Gasteiger partial charge >= 0.3 is 0 Å². The van der Waals surface area contributed by atoms with Gasteiger partial charge in [0.25, 0.3) is 5.56 Å². The molecule has 0 aliphatic carbocycles. The quantitative estimate of drug-likeness (QED) is 0.454. The number of hydrogen-bond acceptors (Lipinski definition) is 4. The summed E-state index contributed by atoms with van der Waals surface area (Å²) in [5.41, 5.74) is 1.65. The van der Waals surface area contributed by atoms with Gasteiger partial charge in [0.15, 0.2) is 0 Å². The first-order valence-corrected chi connectivity index (χ1v) is 10.1. The Morgan fingerprint density at radius 3 is 2.42 bits per heavy atom. The van der Waals surface area contributed by atoms with E-state index in [4.69, 9.17) is 5.26 Å². The molecule has 6 nitrogen and oxygen atoms in total. The number of benzene rings is 3. The highest BCUT2D eigenvalue weighted by Crippen LogP contribution is 2.14. The van der Waals surface area contributed by atoms with Gasteiger partial charge in [-0.1, -0.05) is 24.3 Å². The Labute approximate surface area is 188 Å². The summed E-state index contributed by atoms with van der Waals surface area (Å²) in [7, 11) is 0. The summed E-state index contributed by atoms with van der Waals surface area (Å²) in [6, 6.07) is 18.4. The molecule has 0 radical (unpaired) electrons. The first-order valence-electron chi connectivity index (χ1n) is 10.1. The van der Waals surface area contributed by atoms with Gasteiger partial charge in [0.2, 0.25) is 5.91 Å². The lowest BCUT2D eigenvalue weighted by Crippen LogP contribution is -2.36. The molecule has 0 aliphatic heterocycles. The fraction of sp³-hybridized carbons (Fsp3) is 0.120. The van der Waals surface area contributed by atoms with Crippen molar-refractivity contribution in [1.82, 2.24) is 14.5 Å². The minimum absolute atomic E-state index is 0.0778. The number of carbonyl (C=O) groups excluding carboxylic acids is 1. The van der Waals surface area contributed by atoms with Crippen molar-refractivity contribution in [1.29, 1.82) is 5.26 Å². The normalized spacial score (nSPS) is 10.7. The van der Waals surface area contributed by atoms with Crippen LogP contribution in [0, 0.1) is 23.0 Å². The van der Waals surface area contributed by atoms with E-state index in [1.165, 1.54) is 35.5 Å². The van der Waals surface area contributed by atoms with Gasteiger partial charge in [-0.3, -0.25) is 14.2 Å². The lowest BCUT2D eigenvalue weighted by molar-refractivity contribution is -0.133. The van der Waals surface area contributed by atoms with E-state index in [2.05, 4.69) is 4.98 Å². The molecule has 4 aromatic rings. The molecule has 1 heterocycles. The van der Waals surface area contributed by atoms with Crippen LogP contribution < -0.4 is 5.56 Å². The largest absolute Gasteiger partial charge is 0.332 e. The molecule has 0 atom stereocenters. The van der Waals surface area contributed by atoms with Gasteiger partial charge in [0.05, 0.1) is 28.9 Å². The molecule has 3 aromatic carbocycles. The van der Waals surface area contributed by atoms with E-state index in [0.717, 1.165) is 16.2 Å². The monoisotopic (exact) mass is 444 g/mol. The Hall–Kier alpha value is -4.38. The highest BCUT2D eigenvalue weighted by atomic mass is 19.1. The molecule has 0 saturated heterocycles. The van der Waals surface area contributed by atoms with Crippen LogP contribution in [-0.4, -0.2) is 20.4 Å². The van der Waals surface area contributed by atoms with Gasteiger partial charge < -0.3 is 4.90 Å². The Balaban J connectivity index is 1.63. The summed E-state index contributed by atoms with van der Waals surface area (Å²) in [6.45, 7) is -0.0176. The predicted octanol–water partition coefficient (Wildman–Crippen LogP) is 3.78. The van der Waals surface area contributed by atoms with E-state index < -0.39 is 23.1 Å². The molecule has 0 N–H and O–H groups in total. The van der Waals surface area contributed by atoms with Crippen LogP contribution in [0.4, 0.5) is 8.78 Å². The topological polar surface area (TPSA) is 79.0 Å². The number of carbonyl (C=O) groups is 1. The second kappa shape index (κ2) is 9.40. The Bertz CT molecular complexity index is 1430. The minimum Gasteiger partial charge on any atom is -0.332 e. The lowest BCUT2D eigenvalue weighted by Gasteiger charge is -2.23. The van der Waals surface area contributed by atoms with Crippen LogP contribution >= 0.6 is 0 Å². The predicted molar refractivity (Wildman–Crippen MR) is 118 cm³/mol. The summed E-state index contributed by atoms with van der Waals surface area (Å²) >= 11 is 0. The van der Waals surface area contributed by atoms with Crippen LogP contribution in [0.15, 0.2) is 77.9 Å². The summed E-state index contributed by atoms with van der Waals surface area (Å²) in [4.78, 5) is 31.6. The van der Waals surface area contributed by atoms with Gasteiger partial charge in [0.1, 0.15) is 18.2 Å². The van der Waals surface area contributed by atoms with Crippen LogP contribution in [0.2, 0.25) is 0 Å². The molecule has 8 heteroatoms. The maximum atomic E-state index is 13.7. The lowest BCUT2D eigenvalue weighted by atomic mass is 10.1. The van der Waals surface area contributed by atoms with Gasteiger partial charge in [-0.05, 0) is 53.6 Å². The summed E-state index contributed by atoms with van der Waals surface area (Å²) in [5.74, 6) is -1.39. The second-order valence-corrected chi connectivity index (χ2v) is 7.53. The fourth-order valence-electron chi connectivity index (χ4n) is 3.48. The summed E-state index contributed by atoms with van der Waals surface area (Å²) < 4.78 is 28.4. The Kier molecular flexibility index (Phi) is 6.22. The second-order valence-electron chi connectivity index (χ2n) is 7.53. The number of fused-ring (bicyclic) bond motifs is 1. The molecule has 0 unspecified atom stereocenters. The fourth-order valence-corrected chi connectivity index (χ4v) is 3.48. The smallest absolute Gasteiger partial charge is 0.261 e. The van der Waals surface area contributed by atoms with Crippen molar-refractivity contribution in [2.45, 2.75) is 19.6 Å². The highest BCUT2D eigenvalue weighted by Gasteiger charge is 2.17. The van der Waals surface area contributed by atoms with E-state index >= 15 is 0 Å². The van der Waals surface area contributed by atoms with Gasteiger partial charge in [0, 0.05) is 13.1 Å². The van der Waals surface area contributed by atoms with Crippen LogP contribution in [-0.2, 0) is 24.4 Å². The number of halogens is 2. The van der Waals surface area contributed by atoms with Crippen molar-refractivity contribution >= 4 is 16.8 Å². The van der Waals surface area contributed by atoms with Crippen LogP contribution in [0.25, 0.3) is 10.9 Å². The molecule has 0 spiro atoms. The number of nitriles is 1. The summed E-state index contributed by atoms with van der Waals surface area (Å²) in [5, 5.41) is 9.07.